The fourth-order valence-corrected chi connectivity index (χ4v) is 3.33. The van der Waals surface area contributed by atoms with Crippen molar-refractivity contribution in [2.24, 2.45) is 11.1 Å². The molecular weight excluding hydrogens is 380 g/mol. The molecule has 2 rings (SSSR count). The number of sulfonamides is 1. The summed E-state index contributed by atoms with van der Waals surface area (Å²) in [6, 6.07) is 14.8. The Morgan fingerprint density at radius 2 is 1.79 bits per heavy atom. The molecule has 0 saturated carbocycles. The van der Waals surface area contributed by atoms with Gasteiger partial charge in [0.25, 0.3) is 5.91 Å². The number of rotatable bonds is 8. The molecule has 0 aliphatic heterocycles. The molecule has 1 amide bonds. The van der Waals surface area contributed by atoms with Crippen molar-refractivity contribution in [1.82, 2.24) is 0 Å². The van der Waals surface area contributed by atoms with Gasteiger partial charge in [-0.3, -0.25) is 9.59 Å². The summed E-state index contributed by atoms with van der Waals surface area (Å²) in [6.45, 7) is 3.47. The predicted molar refractivity (Wildman–Crippen MR) is 106 cm³/mol. The van der Waals surface area contributed by atoms with Crippen LogP contribution in [0.1, 0.15) is 31.7 Å². The number of ether oxygens (including phenoxy) is 1. The fourth-order valence-electron chi connectivity index (χ4n) is 2.77. The van der Waals surface area contributed by atoms with Gasteiger partial charge in [-0.2, -0.15) is 0 Å². The Balaban J connectivity index is 2.02. The van der Waals surface area contributed by atoms with Crippen LogP contribution in [-0.4, -0.2) is 26.9 Å². The molecule has 3 N–H and O–H groups in total. The van der Waals surface area contributed by atoms with E-state index in [2.05, 4.69) is 5.32 Å². The number of benzene rings is 2. The van der Waals surface area contributed by atoms with Gasteiger partial charge < -0.3 is 10.1 Å². The molecule has 0 saturated heterocycles. The molecule has 0 aliphatic carbocycles. The molecule has 7 nitrogen and oxygen atoms in total. The highest BCUT2D eigenvalue weighted by atomic mass is 32.2. The van der Waals surface area contributed by atoms with E-state index in [-0.39, 0.29) is 16.5 Å². The largest absolute Gasteiger partial charge is 0.455 e. The van der Waals surface area contributed by atoms with Crippen molar-refractivity contribution in [2.45, 2.75) is 31.1 Å². The highest BCUT2D eigenvalue weighted by Gasteiger charge is 2.27. The molecule has 0 bridgehead atoms. The maximum Gasteiger partial charge on any atom is 0.314 e. The van der Waals surface area contributed by atoms with Crippen LogP contribution in [0.2, 0.25) is 0 Å². The predicted octanol–water partition coefficient (Wildman–Crippen LogP) is 2.65. The number of anilines is 1. The monoisotopic (exact) mass is 404 g/mol. The summed E-state index contributed by atoms with van der Waals surface area (Å²) >= 11 is 0. The van der Waals surface area contributed by atoms with Crippen LogP contribution in [0.15, 0.2) is 59.5 Å². The van der Waals surface area contributed by atoms with Crippen molar-refractivity contribution in [1.29, 1.82) is 0 Å². The van der Waals surface area contributed by atoms with Gasteiger partial charge in [-0.15, -0.1) is 0 Å². The normalized spacial score (nSPS) is 13.4. The smallest absolute Gasteiger partial charge is 0.314 e. The second-order valence-electron chi connectivity index (χ2n) is 6.50. The third kappa shape index (κ3) is 5.90. The first-order valence-electron chi connectivity index (χ1n) is 8.86. The number of primary sulfonamides is 1. The molecule has 0 spiro atoms. The fraction of sp³-hybridized carbons (Fsp3) is 0.300. The van der Waals surface area contributed by atoms with Crippen LogP contribution in [0, 0.1) is 5.92 Å². The van der Waals surface area contributed by atoms with Crippen molar-refractivity contribution in [3.63, 3.8) is 0 Å². The summed E-state index contributed by atoms with van der Waals surface area (Å²) in [5.74, 6) is -1.47. The number of carbonyl (C=O) groups is 2. The zero-order valence-electron chi connectivity index (χ0n) is 15.8. The number of hydrogen-bond acceptors (Lipinski definition) is 5. The standard InChI is InChI=1S/C20H24N2O5S/c1-3-14(2)19(15-8-5-4-6-9-15)20(24)27-13-18(23)22-16-10-7-11-17(12-16)28(21,25)26/h4-12,14,19H,3,13H2,1-2H3,(H,22,23)(H2,21,25,26)/t14-,19+/m0/s1. The van der Waals surface area contributed by atoms with Crippen LogP contribution in [0.4, 0.5) is 5.69 Å². The van der Waals surface area contributed by atoms with E-state index in [0.717, 1.165) is 12.0 Å². The van der Waals surface area contributed by atoms with E-state index in [1.807, 2.05) is 44.2 Å². The van der Waals surface area contributed by atoms with E-state index in [9.17, 15) is 18.0 Å². The van der Waals surface area contributed by atoms with E-state index < -0.39 is 34.4 Å². The minimum atomic E-state index is -3.88. The topological polar surface area (TPSA) is 116 Å². The van der Waals surface area contributed by atoms with E-state index in [0.29, 0.717) is 0 Å². The Kier molecular flexibility index (Phi) is 7.31. The van der Waals surface area contributed by atoms with Gasteiger partial charge >= 0.3 is 5.97 Å². The molecule has 0 heterocycles. The maximum absolute atomic E-state index is 12.6. The summed E-state index contributed by atoms with van der Waals surface area (Å²) < 4.78 is 28.0. The Morgan fingerprint density at radius 3 is 2.39 bits per heavy atom. The number of hydrogen-bond donors (Lipinski definition) is 2. The van der Waals surface area contributed by atoms with Crippen LogP contribution in [0.25, 0.3) is 0 Å². The number of carbonyl (C=O) groups excluding carboxylic acids is 2. The zero-order chi connectivity index (χ0) is 20.7. The molecule has 8 heteroatoms. The number of esters is 1. The molecule has 2 aromatic rings. The summed E-state index contributed by atoms with van der Waals surface area (Å²) in [5.41, 5.74) is 1.08. The van der Waals surface area contributed by atoms with E-state index in [1.54, 1.807) is 0 Å². The second kappa shape index (κ2) is 9.48. The van der Waals surface area contributed by atoms with Gasteiger partial charge in [0, 0.05) is 5.69 Å². The third-order valence-electron chi connectivity index (χ3n) is 4.42. The molecule has 0 aliphatic rings. The first-order valence-corrected chi connectivity index (χ1v) is 10.4. The molecule has 28 heavy (non-hydrogen) atoms. The van der Waals surface area contributed by atoms with Crippen LogP contribution >= 0.6 is 0 Å². The summed E-state index contributed by atoms with van der Waals surface area (Å²) in [5, 5.41) is 7.57. The minimum absolute atomic E-state index is 0.0457. The van der Waals surface area contributed by atoms with Gasteiger partial charge in [0.15, 0.2) is 6.61 Å². The van der Waals surface area contributed by atoms with Gasteiger partial charge in [-0.05, 0) is 29.7 Å². The Labute approximate surface area is 164 Å². The average molecular weight is 404 g/mol. The second-order valence-corrected chi connectivity index (χ2v) is 8.06. The van der Waals surface area contributed by atoms with E-state index >= 15 is 0 Å². The highest BCUT2D eigenvalue weighted by molar-refractivity contribution is 7.89. The van der Waals surface area contributed by atoms with E-state index in [1.165, 1.54) is 24.3 Å². The van der Waals surface area contributed by atoms with Crippen LogP contribution < -0.4 is 10.5 Å². The summed E-state index contributed by atoms with van der Waals surface area (Å²) in [4.78, 5) is 24.6. The molecule has 2 aromatic carbocycles. The molecule has 150 valence electrons. The Hall–Kier alpha value is -2.71. The van der Waals surface area contributed by atoms with Crippen molar-refractivity contribution < 1.29 is 22.7 Å². The van der Waals surface area contributed by atoms with Crippen molar-refractivity contribution in [3.8, 4) is 0 Å². The molecule has 0 fully saturated rings. The van der Waals surface area contributed by atoms with Gasteiger partial charge in [0.05, 0.1) is 10.8 Å². The number of nitrogens with two attached hydrogens (primary N) is 1. The number of nitrogens with one attached hydrogen (secondary N) is 1. The molecular formula is C20H24N2O5S. The Morgan fingerprint density at radius 1 is 1.11 bits per heavy atom. The third-order valence-corrected chi connectivity index (χ3v) is 5.33. The molecule has 0 unspecified atom stereocenters. The summed E-state index contributed by atoms with van der Waals surface area (Å²) in [6.07, 6.45) is 0.779. The lowest BCUT2D eigenvalue weighted by molar-refractivity contribution is -0.150. The molecule has 2 atom stereocenters. The SMILES string of the molecule is CC[C@H](C)[C@@H](C(=O)OCC(=O)Nc1cccc(S(N)(=O)=O)c1)c1ccccc1. The van der Waals surface area contributed by atoms with Gasteiger partial charge in [0.1, 0.15) is 0 Å². The lowest BCUT2D eigenvalue weighted by Gasteiger charge is -2.21. The van der Waals surface area contributed by atoms with Crippen molar-refractivity contribution in [3.05, 3.63) is 60.2 Å². The zero-order valence-corrected chi connectivity index (χ0v) is 16.6. The first-order chi connectivity index (χ1) is 13.2. The van der Waals surface area contributed by atoms with Crippen LogP contribution in [-0.2, 0) is 24.3 Å². The lowest BCUT2D eigenvalue weighted by atomic mass is 9.86. The van der Waals surface area contributed by atoms with Gasteiger partial charge in [0.2, 0.25) is 10.0 Å². The van der Waals surface area contributed by atoms with Gasteiger partial charge in [-0.1, -0.05) is 56.7 Å². The summed E-state index contributed by atoms with van der Waals surface area (Å²) in [7, 11) is -3.88. The van der Waals surface area contributed by atoms with Crippen molar-refractivity contribution >= 4 is 27.6 Å². The highest BCUT2D eigenvalue weighted by Crippen LogP contribution is 2.28. The maximum atomic E-state index is 12.6. The van der Waals surface area contributed by atoms with Crippen LogP contribution in [0.3, 0.4) is 0 Å². The Bertz CT molecular complexity index is 929. The average Bonchev–Trinajstić information content (AvgIpc) is 2.67. The lowest BCUT2D eigenvalue weighted by Crippen LogP contribution is -2.27. The van der Waals surface area contributed by atoms with Crippen LogP contribution in [0.5, 0.6) is 0 Å². The minimum Gasteiger partial charge on any atom is -0.455 e. The number of amides is 1. The first kappa shape index (κ1) is 21.6. The van der Waals surface area contributed by atoms with Gasteiger partial charge in [-0.25, -0.2) is 13.6 Å². The van der Waals surface area contributed by atoms with Crippen molar-refractivity contribution in [2.75, 3.05) is 11.9 Å². The quantitative estimate of drug-likeness (QED) is 0.656. The molecule has 0 aromatic heterocycles. The molecule has 0 radical (unpaired) electrons. The van der Waals surface area contributed by atoms with E-state index in [4.69, 9.17) is 9.88 Å².